The molecular formula is C23H33N3O2. The van der Waals surface area contributed by atoms with Crippen LogP contribution < -0.4 is 15.4 Å². The normalized spacial score (nSPS) is 11.3. The Morgan fingerprint density at radius 2 is 1.79 bits per heavy atom. The Morgan fingerprint density at radius 1 is 1.00 bits per heavy atom. The summed E-state index contributed by atoms with van der Waals surface area (Å²) in [7, 11) is 3.51. The zero-order chi connectivity index (χ0) is 20.0. The highest BCUT2D eigenvalue weighted by atomic mass is 16.5. The molecule has 0 saturated carbocycles. The van der Waals surface area contributed by atoms with Crippen LogP contribution in [-0.4, -0.2) is 39.8 Å². The Hall–Kier alpha value is -2.53. The van der Waals surface area contributed by atoms with Crippen molar-refractivity contribution >= 4 is 5.96 Å². The van der Waals surface area contributed by atoms with Gasteiger partial charge in [0.15, 0.2) is 5.96 Å². The van der Waals surface area contributed by atoms with Gasteiger partial charge in [0.25, 0.3) is 0 Å². The van der Waals surface area contributed by atoms with E-state index in [1.165, 1.54) is 16.7 Å². The Balaban J connectivity index is 1.57. The van der Waals surface area contributed by atoms with Gasteiger partial charge < -0.3 is 20.1 Å². The average Bonchev–Trinajstić information content (AvgIpc) is 2.72. The number of hydrogen-bond acceptors (Lipinski definition) is 3. The van der Waals surface area contributed by atoms with E-state index in [0.717, 1.165) is 50.7 Å². The number of guanidine groups is 1. The second-order valence-electron chi connectivity index (χ2n) is 6.74. The molecule has 2 aromatic rings. The van der Waals surface area contributed by atoms with Gasteiger partial charge in [0.2, 0.25) is 0 Å². The Kier molecular flexibility index (Phi) is 9.94. The maximum Gasteiger partial charge on any atom is 0.190 e. The minimum absolute atomic E-state index is 0.680. The van der Waals surface area contributed by atoms with Crippen molar-refractivity contribution in [3.63, 3.8) is 0 Å². The standard InChI is InChI=1S/C23H33N3O2/c1-19-11-12-22(27-3)21(17-19)13-15-26-23(24-2)25-14-7-8-16-28-18-20-9-5-4-6-10-20/h4-6,9-12,17H,7-8,13-16,18H2,1-3H3,(H2,24,25,26). The average molecular weight is 384 g/mol. The van der Waals surface area contributed by atoms with Crippen molar-refractivity contribution in [2.24, 2.45) is 4.99 Å². The number of benzene rings is 2. The number of hydrogen-bond donors (Lipinski definition) is 2. The van der Waals surface area contributed by atoms with Crippen molar-refractivity contribution in [3.8, 4) is 5.75 Å². The van der Waals surface area contributed by atoms with Crippen molar-refractivity contribution in [3.05, 3.63) is 65.2 Å². The van der Waals surface area contributed by atoms with Crippen molar-refractivity contribution in [1.82, 2.24) is 10.6 Å². The van der Waals surface area contributed by atoms with E-state index in [9.17, 15) is 0 Å². The molecule has 2 rings (SSSR count). The molecule has 152 valence electrons. The lowest BCUT2D eigenvalue weighted by Crippen LogP contribution is -2.38. The van der Waals surface area contributed by atoms with Crippen LogP contribution in [0, 0.1) is 6.92 Å². The minimum atomic E-state index is 0.680. The van der Waals surface area contributed by atoms with Gasteiger partial charge in [-0.25, -0.2) is 0 Å². The van der Waals surface area contributed by atoms with Gasteiger partial charge in [0.1, 0.15) is 5.75 Å². The highest BCUT2D eigenvalue weighted by Crippen LogP contribution is 2.19. The summed E-state index contributed by atoms with van der Waals surface area (Å²) in [6, 6.07) is 16.5. The van der Waals surface area contributed by atoms with Gasteiger partial charge in [0, 0.05) is 26.7 Å². The molecule has 28 heavy (non-hydrogen) atoms. The van der Waals surface area contributed by atoms with Crippen LogP contribution in [0.15, 0.2) is 53.5 Å². The van der Waals surface area contributed by atoms with Gasteiger partial charge >= 0.3 is 0 Å². The molecule has 0 saturated heterocycles. The number of methoxy groups -OCH3 is 1. The van der Waals surface area contributed by atoms with Crippen LogP contribution in [0.25, 0.3) is 0 Å². The maximum atomic E-state index is 5.71. The van der Waals surface area contributed by atoms with Crippen LogP contribution in [0.5, 0.6) is 5.75 Å². The summed E-state index contributed by atoms with van der Waals surface area (Å²) in [5.41, 5.74) is 3.67. The summed E-state index contributed by atoms with van der Waals surface area (Å²) in [5.74, 6) is 1.77. The highest BCUT2D eigenvalue weighted by molar-refractivity contribution is 5.79. The smallest absolute Gasteiger partial charge is 0.190 e. The molecule has 0 aliphatic carbocycles. The van der Waals surface area contributed by atoms with Gasteiger partial charge in [-0.2, -0.15) is 0 Å². The molecule has 0 unspecified atom stereocenters. The minimum Gasteiger partial charge on any atom is -0.496 e. The molecule has 0 aromatic heterocycles. The van der Waals surface area contributed by atoms with E-state index < -0.39 is 0 Å². The van der Waals surface area contributed by atoms with E-state index in [2.05, 4.69) is 46.8 Å². The number of nitrogens with zero attached hydrogens (tertiary/aromatic N) is 1. The summed E-state index contributed by atoms with van der Waals surface area (Å²) < 4.78 is 11.2. The summed E-state index contributed by atoms with van der Waals surface area (Å²) in [5, 5.41) is 6.72. The van der Waals surface area contributed by atoms with Crippen LogP contribution in [0.3, 0.4) is 0 Å². The molecule has 5 nitrogen and oxygen atoms in total. The van der Waals surface area contributed by atoms with Gasteiger partial charge in [-0.15, -0.1) is 0 Å². The topological polar surface area (TPSA) is 54.9 Å². The lowest BCUT2D eigenvalue weighted by molar-refractivity contribution is 0.117. The third-order valence-corrected chi connectivity index (χ3v) is 4.47. The molecule has 0 aliphatic heterocycles. The van der Waals surface area contributed by atoms with Crippen LogP contribution in [0.2, 0.25) is 0 Å². The highest BCUT2D eigenvalue weighted by Gasteiger charge is 2.04. The van der Waals surface area contributed by atoms with Crippen LogP contribution in [-0.2, 0) is 17.8 Å². The quantitative estimate of drug-likeness (QED) is 0.353. The Labute approximate surface area is 169 Å². The lowest BCUT2D eigenvalue weighted by atomic mass is 10.1. The summed E-state index contributed by atoms with van der Waals surface area (Å²) in [6.45, 7) is 5.23. The fourth-order valence-electron chi connectivity index (χ4n) is 2.94. The molecule has 0 amide bonds. The first-order valence-electron chi connectivity index (χ1n) is 9.92. The number of unbranched alkanes of at least 4 members (excludes halogenated alkanes) is 1. The van der Waals surface area contributed by atoms with Gasteiger partial charge in [-0.1, -0.05) is 48.0 Å². The van der Waals surface area contributed by atoms with Crippen molar-refractivity contribution in [2.45, 2.75) is 32.8 Å². The van der Waals surface area contributed by atoms with E-state index >= 15 is 0 Å². The van der Waals surface area contributed by atoms with E-state index in [-0.39, 0.29) is 0 Å². The first-order valence-corrected chi connectivity index (χ1v) is 9.92. The number of aryl methyl sites for hydroxylation is 1. The molecule has 0 radical (unpaired) electrons. The van der Waals surface area contributed by atoms with Crippen molar-refractivity contribution < 1.29 is 9.47 Å². The second kappa shape index (κ2) is 12.8. The molecule has 5 heteroatoms. The molecule has 0 atom stereocenters. The van der Waals surface area contributed by atoms with E-state index in [4.69, 9.17) is 9.47 Å². The lowest BCUT2D eigenvalue weighted by Gasteiger charge is -2.13. The molecule has 2 N–H and O–H groups in total. The fraction of sp³-hybridized carbons (Fsp3) is 0.435. The summed E-state index contributed by atoms with van der Waals surface area (Å²) >= 11 is 0. The van der Waals surface area contributed by atoms with Crippen molar-refractivity contribution in [1.29, 1.82) is 0 Å². The SMILES string of the molecule is CN=C(NCCCCOCc1ccccc1)NCCc1cc(C)ccc1OC. The van der Waals surface area contributed by atoms with Crippen molar-refractivity contribution in [2.75, 3.05) is 33.9 Å². The van der Waals surface area contributed by atoms with E-state index in [1.54, 1.807) is 14.2 Å². The summed E-state index contributed by atoms with van der Waals surface area (Å²) in [4.78, 5) is 4.28. The monoisotopic (exact) mass is 383 g/mol. The largest absolute Gasteiger partial charge is 0.496 e. The Morgan fingerprint density at radius 3 is 2.54 bits per heavy atom. The molecule has 0 bridgehead atoms. The zero-order valence-corrected chi connectivity index (χ0v) is 17.3. The van der Waals surface area contributed by atoms with Crippen LogP contribution in [0.4, 0.5) is 0 Å². The molecular weight excluding hydrogens is 350 g/mol. The first-order chi connectivity index (χ1) is 13.7. The number of ether oxygens (including phenoxy) is 2. The first kappa shape index (κ1) is 21.8. The van der Waals surface area contributed by atoms with Crippen LogP contribution in [0.1, 0.15) is 29.5 Å². The number of aliphatic imine (C=N–C) groups is 1. The number of nitrogens with one attached hydrogen (secondary N) is 2. The second-order valence-corrected chi connectivity index (χ2v) is 6.74. The predicted octanol–water partition coefficient (Wildman–Crippen LogP) is 3.71. The molecule has 2 aromatic carbocycles. The molecule has 0 heterocycles. The molecule has 0 fully saturated rings. The zero-order valence-electron chi connectivity index (χ0n) is 17.3. The molecule has 0 aliphatic rings. The van der Waals surface area contributed by atoms with Crippen LogP contribution >= 0.6 is 0 Å². The maximum absolute atomic E-state index is 5.71. The summed E-state index contributed by atoms with van der Waals surface area (Å²) in [6.07, 6.45) is 2.96. The van der Waals surface area contributed by atoms with E-state index in [0.29, 0.717) is 6.61 Å². The predicted molar refractivity (Wildman–Crippen MR) is 116 cm³/mol. The van der Waals surface area contributed by atoms with Gasteiger partial charge in [0.05, 0.1) is 13.7 Å². The fourth-order valence-corrected chi connectivity index (χ4v) is 2.94. The third-order valence-electron chi connectivity index (χ3n) is 4.47. The Bertz CT molecular complexity index is 717. The third kappa shape index (κ3) is 8.01. The van der Waals surface area contributed by atoms with Gasteiger partial charge in [-0.3, -0.25) is 4.99 Å². The number of rotatable bonds is 11. The molecule has 0 spiro atoms. The van der Waals surface area contributed by atoms with E-state index in [1.807, 2.05) is 24.3 Å². The van der Waals surface area contributed by atoms with Gasteiger partial charge in [-0.05, 0) is 43.4 Å².